The lowest BCUT2D eigenvalue weighted by Gasteiger charge is -2.30. The fraction of sp³-hybridized carbons (Fsp3) is 0.619. The first-order chi connectivity index (χ1) is 13.3. The lowest BCUT2D eigenvalue weighted by molar-refractivity contribution is -0.126. The van der Waals surface area contributed by atoms with E-state index >= 15 is 0 Å². The normalized spacial score (nSPS) is 15.6. The summed E-state index contributed by atoms with van der Waals surface area (Å²) in [6.45, 7) is 9.06. The van der Waals surface area contributed by atoms with Crippen molar-refractivity contribution in [2.75, 3.05) is 38.1 Å². The molecule has 0 bridgehead atoms. The topological polar surface area (TPSA) is 70.7 Å². The highest BCUT2D eigenvalue weighted by Gasteiger charge is 2.25. The second kappa shape index (κ2) is 11.4. The van der Waals surface area contributed by atoms with Crippen LogP contribution in [0.1, 0.15) is 38.7 Å². The van der Waals surface area contributed by atoms with Crippen LogP contribution in [-0.2, 0) is 14.3 Å². The Hall–Kier alpha value is -1.63. The first-order valence-corrected chi connectivity index (χ1v) is 10.4. The lowest BCUT2D eigenvalue weighted by Crippen LogP contribution is -2.43. The minimum Gasteiger partial charge on any atom is -0.379 e. The van der Waals surface area contributed by atoms with Crippen LogP contribution < -0.4 is 10.6 Å². The lowest BCUT2D eigenvalue weighted by atomic mass is 9.96. The molecule has 2 amide bonds. The van der Waals surface area contributed by atoms with Gasteiger partial charge in [-0.25, -0.2) is 0 Å². The van der Waals surface area contributed by atoms with Gasteiger partial charge in [0.2, 0.25) is 11.8 Å². The van der Waals surface area contributed by atoms with Crippen LogP contribution in [0, 0.1) is 12.8 Å². The molecule has 1 aliphatic heterocycles. The Morgan fingerprint density at radius 1 is 1.29 bits per heavy atom. The van der Waals surface area contributed by atoms with Gasteiger partial charge in [-0.2, -0.15) is 0 Å². The molecular weight excluding hydrogens is 378 g/mol. The van der Waals surface area contributed by atoms with Crippen LogP contribution in [0.25, 0.3) is 0 Å². The number of likely N-dealkylation sites (tertiary alicyclic amines) is 1. The quantitative estimate of drug-likeness (QED) is 0.614. The fourth-order valence-electron chi connectivity index (χ4n) is 3.17. The molecule has 2 rings (SSSR count). The van der Waals surface area contributed by atoms with Crippen LogP contribution in [0.2, 0.25) is 5.02 Å². The van der Waals surface area contributed by atoms with Crippen LogP contribution >= 0.6 is 11.6 Å². The van der Waals surface area contributed by atoms with Crippen molar-refractivity contribution in [1.29, 1.82) is 0 Å². The predicted molar refractivity (Wildman–Crippen MR) is 113 cm³/mol. The number of rotatable bonds is 9. The van der Waals surface area contributed by atoms with E-state index in [2.05, 4.69) is 15.5 Å². The van der Waals surface area contributed by atoms with Gasteiger partial charge in [-0.15, -0.1) is 0 Å². The smallest absolute Gasteiger partial charge is 0.238 e. The maximum absolute atomic E-state index is 12.3. The molecule has 7 heteroatoms. The van der Waals surface area contributed by atoms with Gasteiger partial charge in [0, 0.05) is 29.8 Å². The summed E-state index contributed by atoms with van der Waals surface area (Å²) >= 11 is 6.10. The number of piperidine rings is 1. The molecule has 0 aromatic heterocycles. The second-order valence-electron chi connectivity index (χ2n) is 7.63. The Balaban J connectivity index is 1.65. The van der Waals surface area contributed by atoms with E-state index in [0.29, 0.717) is 30.4 Å². The van der Waals surface area contributed by atoms with E-state index in [-0.39, 0.29) is 23.8 Å². The van der Waals surface area contributed by atoms with E-state index in [9.17, 15) is 9.59 Å². The average Bonchev–Trinajstić information content (AvgIpc) is 2.64. The van der Waals surface area contributed by atoms with Gasteiger partial charge in [-0.1, -0.05) is 17.7 Å². The summed E-state index contributed by atoms with van der Waals surface area (Å²) in [6.07, 6.45) is 2.60. The summed E-state index contributed by atoms with van der Waals surface area (Å²) in [5.41, 5.74) is 1.68. The number of carbonyl (C=O) groups is 2. The van der Waals surface area contributed by atoms with E-state index in [1.807, 2.05) is 32.9 Å². The third-order valence-electron chi connectivity index (χ3n) is 4.85. The van der Waals surface area contributed by atoms with Gasteiger partial charge >= 0.3 is 0 Å². The number of benzene rings is 1. The average molecular weight is 410 g/mol. The van der Waals surface area contributed by atoms with Crippen molar-refractivity contribution in [3.63, 3.8) is 0 Å². The third kappa shape index (κ3) is 7.78. The van der Waals surface area contributed by atoms with Crippen LogP contribution in [0.3, 0.4) is 0 Å². The first-order valence-electron chi connectivity index (χ1n) is 10.0. The molecule has 28 heavy (non-hydrogen) atoms. The molecule has 0 aliphatic carbocycles. The monoisotopic (exact) mass is 409 g/mol. The summed E-state index contributed by atoms with van der Waals surface area (Å²) < 4.78 is 5.47. The number of aryl methyl sites for hydroxylation is 1. The number of nitrogens with one attached hydrogen (secondary N) is 2. The minimum absolute atomic E-state index is 0.0289. The van der Waals surface area contributed by atoms with Crippen molar-refractivity contribution in [2.45, 2.75) is 46.1 Å². The van der Waals surface area contributed by atoms with Crippen molar-refractivity contribution < 1.29 is 14.3 Å². The van der Waals surface area contributed by atoms with Crippen molar-refractivity contribution in [1.82, 2.24) is 10.2 Å². The summed E-state index contributed by atoms with van der Waals surface area (Å²) in [7, 11) is 0. The van der Waals surface area contributed by atoms with Crippen LogP contribution in [0.5, 0.6) is 0 Å². The number of halogens is 1. The van der Waals surface area contributed by atoms with E-state index in [1.165, 1.54) is 0 Å². The molecule has 0 unspecified atom stereocenters. The summed E-state index contributed by atoms with van der Waals surface area (Å²) in [5, 5.41) is 6.52. The van der Waals surface area contributed by atoms with E-state index in [1.54, 1.807) is 6.07 Å². The van der Waals surface area contributed by atoms with Crippen LogP contribution in [-0.4, -0.2) is 55.6 Å². The zero-order valence-electron chi connectivity index (χ0n) is 17.1. The Labute approximate surface area is 172 Å². The fourth-order valence-corrected chi connectivity index (χ4v) is 3.36. The highest BCUT2D eigenvalue weighted by Crippen LogP contribution is 2.20. The summed E-state index contributed by atoms with van der Waals surface area (Å²) in [6, 6.07) is 5.50. The van der Waals surface area contributed by atoms with E-state index in [4.69, 9.17) is 16.3 Å². The van der Waals surface area contributed by atoms with Gasteiger partial charge in [-0.3, -0.25) is 14.5 Å². The largest absolute Gasteiger partial charge is 0.379 e. The third-order valence-corrected chi connectivity index (χ3v) is 5.26. The second-order valence-corrected chi connectivity index (χ2v) is 8.03. The molecule has 6 nitrogen and oxygen atoms in total. The van der Waals surface area contributed by atoms with Crippen molar-refractivity contribution in [2.24, 2.45) is 5.92 Å². The molecule has 1 aliphatic rings. The molecule has 0 saturated carbocycles. The maximum atomic E-state index is 12.3. The van der Waals surface area contributed by atoms with Crippen molar-refractivity contribution in [3.8, 4) is 0 Å². The molecule has 0 spiro atoms. The molecule has 1 saturated heterocycles. The number of nitrogens with zero attached hydrogens (tertiary/aromatic N) is 1. The van der Waals surface area contributed by atoms with Crippen LogP contribution in [0.15, 0.2) is 18.2 Å². The molecule has 0 radical (unpaired) electrons. The Kier molecular flexibility index (Phi) is 9.22. The maximum Gasteiger partial charge on any atom is 0.238 e. The highest BCUT2D eigenvalue weighted by molar-refractivity contribution is 6.31. The number of anilines is 1. The van der Waals surface area contributed by atoms with Gasteiger partial charge in [0.05, 0.1) is 12.6 Å². The minimum atomic E-state index is -0.0621. The Morgan fingerprint density at radius 2 is 2.00 bits per heavy atom. The Bertz CT molecular complexity index is 658. The summed E-state index contributed by atoms with van der Waals surface area (Å²) in [5.74, 6) is 0.0807. The number of amides is 2. The number of ether oxygens (including phenoxy) is 1. The van der Waals surface area contributed by atoms with E-state index in [0.717, 1.165) is 37.9 Å². The molecule has 1 fully saturated rings. The molecular formula is C21H32ClN3O3. The van der Waals surface area contributed by atoms with Crippen molar-refractivity contribution in [3.05, 3.63) is 28.8 Å². The molecule has 156 valence electrons. The molecule has 1 aromatic carbocycles. The van der Waals surface area contributed by atoms with Crippen molar-refractivity contribution >= 4 is 29.1 Å². The van der Waals surface area contributed by atoms with Gasteiger partial charge in [0.15, 0.2) is 0 Å². The number of hydrogen-bond donors (Lipinski definition) is 2. The van der Waals surface area contributed by atoms with Gasteiger partial charge in [0.1, 0.15) is 0 Å². The molecule has 2 N–H and O–H groups in total. The molecule has 1 aromatic rings. The zero-order chi connectivity index (χ0) is 20.5. The zero-order valence-corrected chi connectivity index (χ0v) is 17.8. The Morgan fingerprint density at radius 3 is 2.64 bits per heavy atom. The standard InChI is InChI=1S/C21H32ClN3O3/c1-15(2)28-12-4-9-23-21(27)17-7-10-25(11-8-17)14-20(26)24-18-6-5-16(3)19(22)13-18/h5-6,13,15,17H,4,7-12,14H2,1-3H3,(H,23,27)(H,24,26). The highest BCUT2D eigenvalue weighted by atomic mass is 35.5. The summed E-state index contributed by atoms with van der Waals surface area (Å²) in [4.78, 5) is 26.6. The van der Waals surface area contributed by atoms with Gasteiger partial charge < -0.3 is 15.4 Å². The van der Waals surface area contributed by atoms with E-state index < -0.39 is 0 Å². The molecule has 0 atom stereocenters. The van der Waals surface area contributed by atoms with Crippen LogP contribution in [0.4, 0.5) is 5.69 Å². The number of hydrogen-bond acceptors (Lipinski definition) is 4. The number of carbonyl (C=O) groups excluding carboxylic acids is 2. The SMILES string of the molecule is Cc1ccc(NC(=O)CN2CCC(C(=O)NCCCOC(C)C)CC2)cc1Cl. The molecule has 1 heterocycles. The first kappa shape index (κ1) is 22.7. The van der Waals surface area contributed by atoms with Gasteiger partial charge in [-0.05, 0) is 70.8 Å². The predicted octanol–water partition coefficient (Wildman–Crippen LogP) is 3.23. The van der Waals surface area contributed by atoms with Gasteiger partial charge in [0.25, 0.3) is 0 Å².